The third kappa shape index (κ3) is 3.01. The molecule has 1 atom stereocenters. The van der Waals surface area contributed by atoms with Crippen molar-refractivity contribution in [1.82, 2.24) is 10.1 Å². The van der Waals surface area contributed by atoms with Gasteiger partial charge in [0.2, 0.25) is 5.89 Å². The fourth-order valence-corrected chi connectivity index (χ4v) is 2.52. The lowest BCUT2D eigenvalue weighted by Crippen LogP contribution is -2.19. The van der Waals surface area contributed by atoms with Crippen molar-refractivity contribution in [2.45, 2.75) is 32.6 Å². The van der Waals surface area contributed by atoms with Crippen molar-refractivity contribution in [2.24, 2.45) is 5.92 Å². The van der Waals surface area contributed by atoms with Crippen molar-refractivity contribution in [1.29, 1.82) is 0 Å². The van der Waals surface area contributed by atoms with E-state index in [1.807, 2.05) is 18.2 Å². The standard InChI is InChI=1S/C16H20N2O3/c1-10(2)6-15-17-16(21-18-15)12-7-11-4-5-13(19-3)8-14(11)20-9-12/h4-5,8,10,12H,6-7,9H2,1-3H3/t12-/m1/s1. The lowest BCUT2D eigenvalue weighted by Gasteiger charge is -2.23. The van der Waals surface area contributed by atoms with Gasteiger partial charge in [-0.25, -0.2) is 0 Å². The second-order valence-electron chi connectivity index (χ2n) is 5.83. The van der Waals surface area contributed by atoms with Crippen molar-refractivity contribution in [3.63, 3.8) is 0 Å². The molecule has 0 spiro atoms. The van der Waals surface area contributed by atoms with Crippen LogP contribution in [-0.4, -0.2) is 23.9 Å². The van der Waals surface area contributed by atoms with Gasteiger partial charge in [-0.1, -0.05) is 25.1 Å². The van der Waals surface area contributed by atoms with Gasteiger partial charge < -0.3 is 14.0 Å². The minimum atomic E-state index is 0.124. The molecule has 0 bridgehead atoms. The Labute approximate surface area is 124 Å². The zero-order chi connectivity index (χ0) is 14.8. The van der Waals surface area contributed by atoms with Gasteiger partial charge in [0, 0.05) is 12.5 Å². The summed E-state index contributed by atoms with van der Waals surface area (Å²) in [4.78, 5) is 4.50. The number of rotatable bonds is 4. The van der Waals surface area contributed by atoms with E-state index in [9.17, 15) is 0 Å². The largest absolute Gasteiger partial charge is 0.497 e. The predicted molar refractivity (Wildman–Crippen MR) is 77.8 cm³/mol. The molecule has 0 saturated carbocycles. The molecule has 0 amide bonds. The molecule has 1 aliphatic rings. The summed E-state index contributed by atoms with van der Waals surface area (Å²) in [5.74, 6) is 3.79. The SMILES string of the molecule is COc1ccc2c(c1)OC[C@H](c1nc(CC(C)C)no1)C2. The van der Waals surface area contributed by atoms with E-state index in [1.54, 1.807) is 7.11 Å². The van der Waals surface area contributed by atoms with Crippen LogP contribution < -0.4 is 9.47 Å². The monoisotopic (exact) mass is 288 g/mol. The molecule has 0 unspecified atom stereocenters. The molecular formula is C16H20N2O3. The Morgan fingerprint density at radius 2 is 2.24 bits per heavy atom. The molecule has 1 aromatic heterocycles. The summed E-state index contributed by atoms with van der Waals surface area (Å²) in [5.41, 5.74) is 1.15. The van der Waals surface area contributed by atoms with Gasteiger partial charge >= 0.3 is 0 Å². The molecule has 5 nitrogen and oxygen atoms in total. The predicted octanol–water partition coefficient (Wildman–Crippen LogP) is 3.00. The molecule has 2 heterocycles. The van der Waals surface area contributed by atoms with E-state index in [1.165, 1.54) is 0 Å². The van der Waals surface area contributed by atoms with E-state index >= 15 is 0 Å². The van der Waals surface area contributed by atoms with Crippen LogP contribution in [0.4, 0.5) is 0 Å². The lowest BCUT2D eigenvalue weighted by molar-refractivity contribution is 0.229. The first-order chi connectivity index (χ1) is 10.2. The van der Waals surface area contributed by atoms with E-state index in [0.29, 0.717) is 18.4 Å². The maximum absolute atomic E-state index is 5.82. The number of methoxy groups -OCH3 is 1. The minimum Gasteiger partial charge on any atom is -0.497 e. The summed E-state index contributed by atoms with van der Waals surface area (Å²) >= 11 is 0. The summed E-state index contributed by atoms with van der Waals surface area (Å²) in [5, 5.41) is 4.05. The maximum Gasteiger partial charge on any atom is 0.233 e. The van der Waals surface area contributed by atoms with E-state index < -0.39 is 0 Å². The number of nitrogens with zero attached hydrogens (tertiary/aromatic N) is 2. The molecule has 1 aromatic carbocycles. The number of benzene rings is 1. The van der Waals surface area contributed by atoms with Crippen LogP contribution in [0.1, 0.15) is 37.0 Å². The van der Waals surface area contributed by atoms with Crippen molar-refractivity contribution in [3.8, 4) is 11.5 Å². The van der Waals surface area contributed by atoms with Crippen molar-refractivity contribution < 1.29 is 14.0 Å². The Balaban J connectivity index is 1.75. The van der Waals surface area contributed by atoms with Crippen LogP contribution in [0.15, 0.2) is 22.7 Å². The van der Waals surface area contributed by atoms with Crippen molar-refractivity contribution in [2.75, 3.05) is 13.7 Å². The Bertz CT molecular complexity index is 622. The quantitative estimate of drug-likeness (QED) is 0.865. The minimum absolute atomic E-state index is 0.124. The van der Waals surface area contributed by atoms with E-state index in [0.717, 1.165) is 35.7 Å². The van der Waals surface area contributed by atoms with Crippen LogP contribution in [0.3, 0.4) is 0 Å². The third-order valence-electron chi connectivity index (χ3n) is 3.60. The van der Waals surface area contributed by atoms with E-state index in [2.05, 4.69) is 24.0 Å². The van der Waals surface area contributed by atoms with Crippen molar-refractivity contribution >= 4 is 0 Å². The molecule has 21 heavy (non-hydrogen) atoms. The Morgan fingerprint density at radius 1 is 1.38 bits per heavy atom. The molecule has 0 aliphatic carbocycles. The Morgan fingerprint density at radius 3 is 3.00 bits per heavy atom. The van der Waals surface area contributed by atoms with Gasteiger partial charge in [-0.15, -0.1) is 0 Å². The van der Waals surface area contributed by atoms with Crippen LogP contribution in [-0.2, 0) is 12.8 Å². The summed E-state index contributed by atoms with van der Waals surface area (Å²) in [6.45, 7) is 4.84. The number of aromatic nitrogens is 2. The van der Waals surface area contributed by atoms with Gasteiger partial charge in [0.25, 0.3) is 0 Å². The molecule has 0 radical (unpaired) electrons. The van der Waals surface area contributed by atoms with Gasteiger partial charge in [-0.3, -0.25) is 0 Å². The van der Waals surface area contributed by atoms with Gasteiger partial charge in [0.15, 0.2) is 5.82 Å². The molecule has 1 aliphatic heterocycles. The summed E-state index contributed by atoms with van der Waals surface area (Å²) in [6, 6.07) is 5.90. The zero-order valence-corrected chi connectivity index (χ0v) is 12.6. The summed E-state index contributed by atoms with van der Waals surface area (Å²) in [7, 11) is 1.65. The highest BCUT2D eigenvalue weighted by atomic mass is 16.5. The van der Waals surface area contributed by atoms with Gasteiger partial charge in [0.1, 0.15) is 18.1 Å². The summed E-state index contributed by atoms with van der Waals surface area (Å²) < 4.78 is 16.4. The first-order valence-electron chi connectivity index (χ1n) is 7.28. The molecule has 0 saturated heterocycles. The third-order valence-corrected chi connectivity index (χ3v) is 3.60. The van der Waals surface area contributed by atoms with E-state index in [-0.39, 0.29) is 5.92 Å². The van der Waals surface area contributed by atoms with Gasteiger partial charge in [-0.05, 0) is 24.0 Å². The molecule has 3 rings (SSSR count). The zero-order valence-electron chi connectivity index (χ0n) is 12.6. The second kappa shape index (κ2) is 5.76. The Kier molecular flexibility index (Phi) is 3.82. The topological polar surface area (TPSA) is 57.4 Å². The van der Waals surface area contributed by atoms with Crippen LogP contribution in [0, 0.1) is 5.92 Å². The van der Waals surface area contributed by atoms with Crippen LogP contribution in [0.25, 0.3) is 0 Å². The molecule has 0 fully saturated rings. The van der Waals surface area contributed by atoms with Crippen LogP contribution in [0.2, 0.25) is 0 Å². The molecular weight excluding hydrogens is 268 g/mol. The molecule has 5 heteroatoms. The van der Waals surface area contributed by atoms with Crippen LogP contribution in [0.5, 0.6) is 11.5 Å². The number of ether oxygens (including phenoxy) is 2. The normalized spacial score (nSPS) is 17.4. The second-order valence-corrected chi connectivity index (χ2v) is 5.83. The highest BCUT2D eigenvalue weighted by Gasteiger charge is 2.26. The smallest absolute Gasteiger partial charge is 0.233 e. The van der Waals surface area contributed by atoms with E-state index in [4.69, 9.17) is 14.0 Å². The fourth-order valence-electron chi connectivity index (χ4n) is 2.52. The van der Waals surface area contributed by atoms with Crippen molar-refractivity contribution in [3.05, 3.63) is 35.5 Å². The highest BCUT2D eigenvalue weighted by molar-refractivity contribution is 5.42. The number of fused-ring (bicyclic) bond motifs is 1. The fraction of sp³-hybridized carbons (Fsp3) is 0.500. The van der Waals surface area contributed by atoms with Gasteiger partial charge in [-0.2, -0.15) is 4.98 Å². The Hall–Kier alpha value is -2.04. The lowest BCUT2D eigenvalue weighted by atomic mass is 9.96. The number of hydrogen-bond acceptors (Lipinski definition) is 5. The average molecular weight is 288 g/mol. The molecule has 2 aromatic rings. The highest BCUT2D eigenvalue weighted by Crippen LogP contribution is 2.34. The number of hydrogen-bond donors (Lipinski definition) is 0. The molecule has 0 N–H and O–H groups in total. The van der Waals surface area contributed by atoms with Gasteiger partial charge in [0.05, 0.1) is 13.0 Å². The summed E-state index contributed by atoms with van der Waals surface area (Å²) in [6.07, 6.45) is 1.69. The first-order valence-corrected chi connectivity index (χ1v) is 7.28. The first kappa shape index (κ1) is 13.9. The maximum atomic E-state index is 5.82. The van der Waals surface area contributed by atoms with Crippen LogP contribution >= 0.6 is 0 Å². The molecule has 112 valence electrons. The average Bonchev–Trinajstić information content (AvgIpc) is 2.93.